The van der Waals surface area contributed by atoms with Crippen LogP contribution in [-0.4, -0.2) is 17.5 Å². The summed E-state index contributed by atoms with van der Waals surface area (Å²) in [6.07, 6.45) is 1.67. The highest BCUT2D eigenvalue weighted by molar-refractivity contribution is 6.34. The van der Waals surface area contributed by atoms with Gasteiger partial charge in [0, 0.05) is 11.3 Å². The number of ether oxygens (including phenoxy) is 1. The maximum absolute atomic E-state index is 12.6. The normalized spacial score (nSPS) is 10.8. The van der Waals surface area contributed by atoms with Gasteiger partial charge >= 0.3 is 0 Å². The predicted octanol–water partition coefficient (Wildman–Crippen LogP) is 6.65. The second-order valence-corrected chi connectivity index (χ2v) is 8.03. The lowest BCUT2D eigenvalue weighted by Gasteiger charge is -2.11. The number of amides is 1. The third-order valence-corrected chi connectivity index (χ3v) is 4.83. The van der Waals surface area contributed by atoms with Crippen molar-refractivity contribution in [3.8, 4) is 17.0 Å². The van der Waals surface area contributed by atoms with Crippen LogP contribution in [0, 0.1) is 12.8 Å². The van der Waals surface area contributed by atoms with Crippen LogP contribution in [0.1, 0.15) is 29.8 Å². The zero-order chi connectivity index (χ0) is 21.0. The minimum atomic E-state index is -0.284. The number of nitrogens with one attached hydrogen (secondary N) is 1. The van der Waals surface area contributed by atoms with Crippen molar-refractivity contribution in [3.63, 3.8) is 0 Å². The molecule has 150 valence electrons. The number of aryl methyl sites for hydroxylation is 1. The average Bonchev–Trinajstić information content (AvgIpc) is 2.68. The molecule has 0 bridgehead atoms. The van der Waals surface area contributed by atoms with Crippen LogP contribution in [0.2, 0.25) is 10.0 Å². The number of aromatic nitrogens is 1. The van der Waals surface area contributed by atoms with Crippen molar-refractivity contribution in [2.75, 3.05) is 11.9 Å². The quantitative estimate of drug-likeness (QED) is 0.477. The first-order valence-electron chi connectivity index (χ1n) is 9.30. The van der Waals surface area contributed by atoms with E-state index in [9.17, 15) is 4.79 Å². The first-order chi connectivity index (χ1) is 13.8. The predicted molar refractivity (Wildman–Crippen MR) is 119 cm³/mol. The number of carbonyl (C=O) groups is 1. The molecule has 6 heteroatoms. The van der Waals surface area contributed by atoms with Crippen LogP contribution in [0.15, 0.2) is 54.7 Å². The molecular formula is C23H22Cl2N2O2. The zero-order valence-corrected chi connectivity index (χ0v) is 18.0. The molecule has 0 unspecified atom stereocenters. The molecule has 3 rings (SSSR count). The molecule has 0 spiro atoms. The fraction of sp³-hybridized carbons (Fsp3) is 0.217. The Morgan fingerprint density at radius 2 is 1.86 bits per heavy atom. The van der Waals surface area contributed by atoms with Gasteiger partial charge in [-0.1, -0.05) is 43.1 Å². The fourth-order valence-corrected chi connectivity index (χ4v) is 3.23. The van der Waals surface area contributed by atoms with Crippen LogP contribution in [0.3, 0.4) is 0 Å². The van der Waals surface area contributed by atoms with Crippen LogP contribution >= 0.6 is 23.2 Å². The van der Waals surface area contributed by atoms with E-state index >= 15 is 0 Å². The summed E-state index contributed by atoms with van der Waals surface area (Å²) in [7, 11) is 0. The lowest BCUT2D eigenvalue weighted by molar-refractivity contribution is 0.102. The summed E-state index contributed by atoms with van der Waals surface area (Å²) in [5.41, 5.74) is 3.42. The number of anilines is 1. The van der Waals surface area contributed by atoms with E-state index in [0.29, 0.717) is 45.3 Å². The number of benzene rings is 2. The van der Waals surface area contributed by atoms with Gasteiger partial charge < -0.3 is 10.1 Å². The molecule has 2 aromatic carbocycles. The van der Waals surface area contributed by atoms with E-state index in [1.807, 2.05) is 25.1 Å². The molecule has 3 aromatic rings. The van der Waals surface area contributed by atoms with Crippen molar-refractivity contribution < 1.29 is 9.53 Å². The largest absolute Gasteiger partial charge is 0.492 e. The second kappa shape index (κ2) is 9.29. The van der Waals surface area contributed by atoms with E-state index in [-0.39, 0.29) is 5.91 Å². The molecular weight excluding hydrogens is 407 g/mol. The van der Waals surface area contributed by atoms with Gasteiger partial charge in [0.25, 0.3) is 5.91 Å². The second-order valence-electron chi connectivity index (χ2n) is 7.22. The summed E-state index contributed by atoms with van der Waals surface area (Å²) in [5, 5.41) is 3.82. The van der Waals surface area contributed by atoms with Gasteiger partial charge in [0.05, 0.1) is 34.1 Å². The van der Waals surface area contributed by atoms with Crippen LogP contribution in [0.4, 0.5) is 5.69 Å². The van der Waals surface area contributed by atoms with Gasteiger partial charge in [-0.05, 0) is 60.9 Å². The summed E-state index contributed by atoms with van der Waals surface area (Å²) in [5.74, 6) is 0.858. The number of carbonyl (C=O) groups excluding carboxylic acids is 1. The lowest BCUT2D eigenvalue weighted by Crippen LogP contribution is -2.12. The molecule has 0 aliphatic rings. The number of hydrogen-bond donors (Lipinski definition) is 1. The Balaban J connectivity index is 1.80. The van der Waals surface area contributed by atoms with Crippen molar-refractivity contribution in [1.29, 1.82) is 0 Å². The van der Waals surface area contributed by atoms with Crippen LogP contribution in [0.5, 0.6) is 5.75 Å². The Hall–Kier alpha value is -2.56. The fourth-order valence-electron chi connectivity index (χ4n) is 2.69. The van der Waals surface area contributed by atoms with E-state index < -0.39 is 0 Å². The van der Waals surface area contributed by atoms with E-state index in [4.69, 9.17) is 27.9 Å². The monoisotopic (exact) mass is 428 g/mol. The SMILES string of the molecule is Cc1ccc(C(=O)Nc2ccc(Cl)c(-c3ccc(OCC(C)C)cn3)c2)c(Cl)c1. The molecule has 1 aromatic heterocycles. The summed E-state index contributed by atoms with van der Waals surface area (Å²) in [6, 6.07) is 14.3. The smallest absolute Gasteiger partial charge is 0.257 e. The first kappa shape index (κ1) is 21.2. The molecule has 0 atom stereocenters. The Morgan fingerprint density at radius 3 is 2.52 bits per heavy atom. The average molecular weight is 429 g/mol. The molecule has 0 fully saturated rings. The van der Waals surface area contributed by atoms with E-state index in [1.54, 1.807) is 36.5 Å². The van der Waals surface area contributed by atoms with Gasteiger partial charge in [0.15, 0.2) is 0 Å². The molecule has 1 heterocycles. The van der Waals surface area contributed by atoms with Crippen molar-refractivity contribution in [2.24, 2.45) is 5.92 Å². The molecule has 0 saturated carbocycles. The van der Waals surface area contributed by atoms with Gasteiger partial charge in [-0.25, -0.2) is 0 Å². The van der Waals surface area contributed by atoms with Crippen molar-refractivity contribution in [1.82, 2.24) is 4.98 Å². The van der Waals surface area contributed by atoms with Crippen LogP contribution < -0.4 is 10.1 Å². The first-order valence-corrected chi connectivity index (χ1v) is 10.1. The molecule has 29 heavy (non-hydrogen) atoms. The van der Waals surface area contributed by atoms with Gasteiger partial charge in [-0.15, -0.1) is 0 Å². The number of nitrogens with zero attached hydrogens (tertiary/aromatic N) is 1. The topological polar surface area (TPSA) is 51.2 Å². The molecule has 1 N–H and O–H groups in total. The number of rotatable bonds is 6. The third-order valence-electron chi connectivity index (χ3n) is 4.19. The summed E-state index contributed by atoms with van der Waals surface area (Å²) >= 11 is 12.6. The van der Waals surface area contributed by atoms with Gasteiger partial charge in [0.2, 0.25) is 0 Å². The summed E-state index contributed by atoms with van der Waals surface area (Å²) < 4.78 is 5.67. The van der Waals surface area contributed by atoms with E-state index in [1.165, 1.54) is 0 Å². The van der Waals surface area contributed by atoms with Crippen molar-refractivity contribution in [3.05, 3.63) is 75.9 Å². The maximum atomic E-state index is 12.6. The van der Waals surface area contributed by atoms with Crippen molar-refractivity contribution in [2.45, 2.75) is 20.8 Å². The van der Waals surface area contributed by atoms with E-state index in [0.717, 1.165) is 11.1 Å². The molecule has 1 amide bonds. The number of halogens is 2. The van der Waals surface area contributed by atoms with Crippen molar-refractivity contribution >= 4 is 34.8 Å². The zero-order valence-electron chi connectivity index (χ0n) is 16.5. The molecule has 0 aliphatic heterocycles. The lowest BCUT2D eigenvalue weighted by atomic mass is 10.1. The minimum Gasteiger partial charge on any atom is -0.492 e. The standard InChI is InChI=1S/C23H22Cl2N2O2/c1-14(2)13-29-17-6-9-22(26-12-17)19-11-16(5-8-20(19)24)27-23(28)18-7-4-15(3)10-21(18)25/h4-12,14H,13H2,1-3H3,(H,27,28). The molecule has 0 aliphatic carbocycles. The number of pyridine rings is 1. The maximum Gasteiger partial charge on any atom is 0.257 e. The van der Waals surface area contributed by atoms with Gasteiger partial charge in [-0.3, -0.25) is 9.78 Å². The Bertz CT molecular complexity index is 1020. The van der Waals surface area contributed by atoms with Gasteiger partial charge in [0.1, 0.15) is 5.75 Å². The Morgan fingerprint density at radius 1 is 1.07 bits per heavy atom. The third kappa shape index (κ3) is 5.49. The Kier molecular flexibility index (Phi) is 6.78. The highest BCUT2D eigenvalue weighted by Crippen LogP contribution is 2.30. The highest BCUT2D eigenvalue weighted by Gasteiger charge is 2.13. The van der Waals surface area contributed by atoms with Gasteiger partial charge in [-0.2, -0.15) is 0 Å². The summed E-state index contributed by atoms with van der Waals surface area (Å²) in [6.45, 7) is 6.73. The van der Waals surface area contributed by atoms with Crippen LogP contribution in [0.25, 0.3) is 11.3 Å². The number of hydrogen-bond acceptors (Lipinski definition) is 3. The molecule has 0 saturated heterocycles. The minimum absolute atomic E-state index is 0.284. The highest BCUT2D eigenvalue weighted by atomic mass is 35.5. The van der Waals surface area contributed by atoms with E-state index in [2.05, 4.69) is 24.1 Å². The molecule has 4 nitrogen and oxygen atoms in total. The Labute approximate surface area is 180 Å². The van der Waals surface area contributed by atoms with Crippen LogP contribution in [-0.2, 0) is 0 Å². The molecule has 0 radical (unpaired) electrons. The summed E-state index contributed by atoms with van der Waals surface area (Å²) in [4.78, 5) is 17.0.